The molecule has 3 N–H and O–H groups in total. The molecule has 0 bridgehead atoms. The number of ether oxygens (including phenoxy) is 3. The van der Waals surface area contributed by atoms with Gasteiger partial charge >= 0.3 is 0 Å². The number of hydrogen-bond acceptors (Lipinski definition) is 8. The van der Waals surface area contributed by atoms with E-state index in [0.29, 0.717) is 50.9 Å². The molecule has 2 saturated heterocycles. The molecule has 4 heterocycles. The van der Waals surface area contributed by atoms with Crippen molar-refractivity contribution < 1.29 is 19.3 Å². The van der Waals surface area contributed by atoms with Crippen molar-refractivity contribution >= 4 is 51.6 Å². The van der Waals surface area contributed by atoms with Gasteiger partial charge in [0.1, 0.15) is 9.80 Å². The lowest BCUT2D eigenvalue weighted by molar-refractivity contribution is 0.127. The lowest BCUT2D eigenvalue weighted by Crippen LogP contribution is -2.50. The number of halogens is 3. The van der Waals surface area contributed by atoms with Crippen molar-refractivity contribution in [3.8, 4) is 22.8 Å². The van der Waals surface area contributed by atoms with E-state index in [1.807, 2.05) is 0 Å². The molecule has 1 aromatic heterocycles. The number of anilines is 1. The van der Waals surface area contributed by atoms with E-state index in [0.717, 1.165) is 25.9 Å². The van der Waals surface area contributed by atoms with Crippen molar-refractivity contribution in [3.63, 3.8) is 0 Å². The van der Waals surface area contributed by atoms with E-state index in [4.69, 9.17) is 43.1 Å². The molecule has 31 heavy (non-hydrogen) atoms. The molecule has 2 fully saturated rings. The number of benzene rings is 1. The van der Waals surface area contributed by atoms with Gasteiger partial charge < -0.3 is 30.0 Å². The first-order chi connectivity index (χ1) is 14.9. The number of fused-ring (bicyclic) bond motifs is 1. The van der Waals surface area contributed by atoms with Crippen LogP contribution in [0, 0.1) is 5.41 Å². The Bertz CT molecular complexity index is 1020. The van der Waals surface area contributed by atoms with Crippen LogP contribution >= 0.6 is 45.8 Å². The van der Waals surface area contributed by atoms with Crippen LogP contribution in [0.15, 0.2) is 12.3 Å². The second-order valence-corrected chi connectivity index (χ2v) is 10.0. The van der Waals surface area contributed by atoms with Gasteiger partial charge in [-0.25, -0.2) is 9.97 Å². The molecule has 0 saturated carbocycles. The predicted molar refractivity (Wildman–Crippen MR) is 125 cm³/mol. The zero-order chi connectivity index (χ0) is 21.8. The van der Waals surface area contributed by atoms with Gasteiger partial charge in [0.2, 0.25) is 6.79 Å². The smallest absolute Gasteiger partial charge is 0.231 e. The molecule has 2 aromatic rings. The Morgan fingerprint density at radius 3 is 2.74 bits per heavy atom. The van der Waals surface area contributed by atoms with Crippen LogP contribution in [0.5, 0.6) is 11.5 Å². The molecule has 0 radical (unpaired) electrons. The molecular formula is C20H21Cl2IN4O4. The van der Waals surface area contributed by atoms with Gasteiger partial charge in [0.05, 0.1) is 40.7 Å². The van der Waals surface area contributed by atoms with Crippen molar-refractivity contribution in [1.29, 1.82) is 0 Å². The number of piperidine rings is 1. The third-order valence-corrected chi connectivity index (χ3v) is 8.28. The van der Waals surface area contributed by atoms with Crippen LogP contribution in [0.4, 0.5) is 5.82 Å². The zero-order valence-corrected chi connectivity index (χ0v) is 20.2. The van der Waals surface area contributed by atoms with Crippen LogP contribution in [-0.4, -0.2) is 51.7 Å². The van der Waals surface area contributed by atoms with Gasteiger partial charge in [-0.3, -0.25) is 0 Å². The van der Waals surface area contributed by atoms with Crippen molar-refractivity contribution in [2.75, 3.05) is 31.4 Å². The maximum atomic E-state index is 10.0. The van der Waals surface area contributed by atoms with Crippen molar-refractivity contribution in [3.05, 3.63) is 28.0 Å². The third kappa shape index (κ3) is 3.63. The summed E-state index contributed by atoms with van der Waals surface area (Å²) < 4.78 is 16.9. The summed E-state index contributed by atoms with van der Waals surface area (Å²) in [6.07, 6.45) is 3.44. The Hall–Kier alpha value is -1.11. The fraction of sp³-hybridized carbons (Fsp3) is 0.500. The topological polar surface area (TPSA) is 103 Å². The number of nitrogens with two attached hydrogens (primary N) is 1. The molecule has 0 amide bonds. The average Bonchev–Trinajstić information content (AvgIpc) is 3.35. The van der Waals surface area contributed by atoms with E-state index in [2.05, 4.69) is 37.5 Å². The summed E-state index contributed by atoms with van der Waals surface area (Å²) in [6.45, 7) is 2.05. The molecule has 1 spiro atoms. The molecule has 8 nitrogen and oxygen atoms in total. The number of hydrogen-bond donors (Lipinski definition) is 2. The highest BCUT2D eigenvalue weighted by Crippen LogP contribution is 2.49. The fourth-order valence-electron chi connectivity index (χ4n) is 4.49. The second kappa shape index (κ2) is 8.35. The van der Waals surface area contributed by atoms with Gasteiger partial charge in [0.25, 0.3) is 0 Å². The summed E-state index contributed by atoms with van der Waals surface area (Å²) in [7, 11) is 0. The zero-order valence-electron chi connectivity index (χ0n) is 16.5. The van der Waals surface area contributed by atoms with Crippen LogP contribution in [-0.2, 0) is 11.3 Å². The van der Waals surface area contributed by atoms with Crippen LogP contribution in [0.1, 0.15) is 18.5 Å². The van der Waals surface area contributed by atoms with Gasteiger partial charge in [-0.15, -0.1) is 0 Å². The van der Waals surface area contributed by atoms with Crippen molar-refractivity contribution in [1.82, 2.24) is 9.97 Å². The number of aliphatic hydroxyl groups excluding tert-OH is 1. The largest absolute Gasteiger partial charge is 0.454 e. The number of nitrogens with zero attached hydrogens (tertiary/aromatic N) is 3. The van der Waals surface area contributed by atoms with E-state index in [-0.39, 0.29) is 29.0 Å². The van der Waals surface area contributed by atoms with Gasteiger partial charge in [-0.1, -0.05) is 23.2 Å². The molecule has 11 heteroatoms. The van der Waals surface area contributed by atoms with E-state index >= 15 is 0 Å². The minimum Gasteiger partial charge on any atom is -0.454 e. The summed E-state index contributed by atoms with van der Waals surface area (Å²) in [5, 5.41) is 10.7. The highest BCUT2D eigenvalue weighted by atomic mass is 127. The summed E-state index contributed by atoms with van der Waals surface area (Å²) in [4.78, 5) is 11.4. The van der Waals surface area contributed by atoms with Crippen LogP contribution in [0.2, 0.25) is 10.0 Å². The third-order valence-electron chi connectivity index (χ3n) is 6.36. The summed E-state index contributed by atoms with van der Waals surface area (Å²) in [5.74, 6) is 1.64. The van der Waals surface area contributed by atoms with Crippen molar-refractivity contribution in [2.45, 2.75) is 29.6 Å². The molecule has 166 valence electrons. The Kier molecular flexibility index (Phi) is 5.85. The summed E-state index contributed by atoms with van der Waals surface area (Å²) in [6, 6.07) is 1.64. The van der Waals surface area contributed by atoms with E-state index in [1.54, 1.807) is 12.3 Å². The SMILES string of the molecule is N[C@@H]1[C@H](I)OCC12CCN(c1ncc(-c3c(Cl)c(Cl)cc4c3OCO4)nc1CO)CC2. The molecule has 1 aromatic carbocycles. The first-order valence-electron chi connectivity index (χ1n) is 9.94. The highest BCUT2D eigenvalue weighted by molar-refractivity contribution is 14.1. The molecule has 0 aliphatic carbocycles. The standard InChI is InChI=1S/C20H21Cl2IN4O4/c21-10-5-13-16(31-9-30-13)14(15(10)22)11-6-25-19(12(7-28)26-11)27-3-1-20(2-4-27)8-29-18(23)17(20)24/h5-6,17-18,28H,1-4,7-9,24H2/t17-,18-/m1/s1. The van der Waals surface area contributed by atoms with Gasteiger partial charge in [-0.05, 0) is 35.4 Å². The molecule has 2 atom stereocenters. The van der Waals surface area contributed by atoms with Crippen LogP contribution in [0.3, 0.4) is 0 Å². The summed E-state index contributed by atoms with van der Waals surface area (Å²) >= 11 is 15.0. The highest BCUT2D eigenvalue weighted by Gasteiger charge is 2.48. The normalized spacial score (nSPS) is 24.2. The Morgan fingerprint density at radius 2 is 2.06 bits per heavy atom. The summed E-state index contributed by atoms with van der Waals surface area (Å²) in [5.41, 5.74) is 7.87. The number of rotatable bonds is 3. The maximum Gasteiger partial charge on any atom is 0.231 e. The minimum atomic E-state index is -0.256. The minimum absolute atomic E-state index is 0.00130. The maximum absolute atomic E-state index is 10.0. The van der Waals surface area contributed by atoms with Crippen molar-refractivity contribution in [2.24, 2.45) is 11.1 Å². The molecular weight excluding hydrogens is 558 g/mol. The number of aliphatic hydroxyl groups is 1. The fourth-order valence-corrected chi connectivity index (χ4v) is 5.87. The second-order valence-electron chi connectivity index (χ2n) is 8.00. The first-order valence-corrected chi connectivity index (χ1v) is 11.9. The average molecular weight is 579 g/mol. The van der Waals surface area contributed by atoms with E-state index in [9.17, 15) is 5.11 Å². The van der Waals surface area contributed by atoms with Gasteiger partial charge in [0, 0.05) is 30.6 Å². The Labute approximate surface area is 203 Å². The van der Waals surface area contributed by atoms with Crippen LogP contribution in [0.25, 0.3) is 11.3 Å². The van der Waals surface area contributed by atoms with Crippen LogP contribution < -0.4 is 20.1 Å². The lowest BCUT2D eigenvalue weighted by atomic mass is 9.75. The predicted octanol–water partition coefficient (Wildman–Crippen LogP) is 3.38. The monoisotopic (exact) mass is 578 g/mol. The Morgan fingerprint density at radius 1 is 1.29 bits per heavy atom. The number of aromatic nitrogens is 2. The van der Waals surface area contributed by atoms with Gasteiger partial charge in [0.15, 0.2) is 17.3 Å². The quantitative estimate of drug-likeness (QED) is 0.422. The molecule has 3 aliphatic heterocycles. The van der Waals surface area contributed by atoms with E-state index in [1.165, 1.54) is 0 Å². The molecule has 5 rings (SSSR count). The molecule has 3 aliphatic rings. The molecule has 0 unspecified atom stereocenters. The Balaban J connectivity index is 1.44. The van der Waals surface area contributed by atoms with E-state index < -0.39 is 0 Å². The first kappa shape index (κ1) is 21.7. The number of alkyl halides is 1. The lowest BCUT2D eigenvalue weighted by Gasteiger charge is -2.41. The van der Waals surface area contributed by atoms with Gasteiger partial charge in [-0.2, -0.15) is 0 Å².